The van der Waals surface area contributed by atoms with Crippen molar-refractivity contribution in [3.05, 3.63) is 58.3 Å². The molecular formula is C21H22NO+. The van der Waals surface area contributed by atoms with E-state index in [4.69, 9.17) is 0 Å². The zero-order valence-electron chi connectivity index (χ0n) is 14.2. The Morgan fingerprint density at radius 1 is 0.913 bits per heavy atom. The Balaban J connectivity index is 2.10. The number of hydrogen-bond acceptors (Lipinski definition) is 1. The Kier molecular flexibility index (Phi) is 2.99. The molecule has 116 valence electrons. The molecule has 2 heterocycles. The van der Waals surface area contributed by atoms with Crippen molar-refractivity contribution in [3.8, 4) is 17.0 Å². The maximum Gasteiger partial charge on any atom is 0.216 e. The van der Waals surface area contributed by atoms with Crippen LogP contribution in [0.1, 0.15) is 27.8 Å². The van der Waals surface area contributed by atoms with E-state index < -0.39 is 0 Å². The molecule has 0 unspecified atom stereocenters. The number of benzene rings is 2. The fraction of sp³-hybridized carbons (Fsp3) is 0.286. The smallest absolute Gasteiger partial charge is 0.216 e. The first-order valence-corrected chi connectivity index (χ1v) is 8.23. The lowest BCUT2D eigenvalue weighted by molar-refractivity contribution is -0.686. The fourth-order valence-electron chi connectivity index (χ4n) is 3.82. The van der Waals surface area contributed by atoms with E-state index in [0.29, 0.717) is 5.75 Å². The topological polar surface area (TPSA) is 24.1 Å². The summed E-state index contributed by atoms with van der Waals surface area (Å²) in [5, 5.41) is 12.5. The SMILES string of the molecule is Cc1cc2c(cc1C)-c1c(C)c3ccc(C)c(O)c3c[n+]1CC2. The summed E-state index contributed by atoms with van der Waals surface area (Å²) in [6, 6.07) is 8.80. The molecule has 1 aliphatic rings. The number of phenolic OH excluding ortho intramolecular Hbond substituents is 1. The third-order valence-corrected chi connectivity index (χ3v) is 5.35. The van der Waals surface area contributed by atoms with Crippen molar-refractivity contribution in [2.75, 3.05) is 0 Å². The minimum atomic E-state index is 0.409. The van der Waals surface area contributed by atoms with Crippen molar-refractivity contribution in [2.45, 2.75) is 40.7 Å². The molecule has 0 bridgehead atoms. The summed E-state index contributed by atoms with van der Waals surface area (Å²) in [6.07, 6.45) is 3.17. The molecule has 1 N–H and O–H groups in total. The van der Waals surface area contributed by atoms with Crippen molar-refractivity contribution >= 4 is 10.8 Å². The lowest BCUT2D eigenvalue weighted by atomic mass is 9.89. The molecule has 23 heavy (non-hydrogen) atoms. The number of rotatable bonds is 0. The van der Waals surface area contributed by atoms with Gasteiger partial charge in [-0.05, 0) is 56.0 Å². The van der Waals surface area contributed by atoms with Gasteiger partial charge in [0.1, 0.15) is 5.75 Å². The summed E-state index contributed by atoms with van der Waals surface area (Å²) in [4.78, 5) is 0. The third-order valence-electron chi connectivity index (χ3n) is 5.35. The molecule has 2 nitrogen and oxygen atoms in total. The van der Waals surface area contributed by atoms with E-state index in [-0.39, 0.29) is 0 Å². The van der Waals surface area contributed by atoms with Crippen LogP contribution in [0.2, 0.25) is 0 Å². The highest BCUT2D eigenvalue weighted by Gasteiger charge is 2.27. The molecule has 1 aliphatic heterocycles. The van der Waals surface area contributed by atoms with Crippen molar-refractivity contribution < 1.29 is 9.67 Å². The van der Waals surface area contributed by atoms with Gasteiger partial charge in [-0.15, -0.1) is 0 Å². The summed E-state index contributed by atoms with van der Waals surface area (Å²) in [6.45, 7) is 9.46. The minimum absolute atomic E-state index is 0.409. The molecule has 3 aromatic rings. The van der Waals surface area contributed by atoms with Crippen molar-refractivity contribution in [1.29, 1.82) is 0 Å². The van der Waals surface area contributed by atoms with E-state index in [9.17, 15) is 5.11 Å². The Labute approximate surface area is 137 Å². The number of aromatic hydroxyl groups is 1. The molecule has 0 aliphatic carbocycles. The summed E-state index contributed by atoms with van der Waals surface area (Å²) >= 11 is 0. The lowest BCUT2D eigenvalue weighted by Crippen LogP contribution is -2.41. The molecule has 0 spiro atoms. The molecular weight excluding hydrogens is 282 g/mol. The number of aromatic nitrogens is 1. The van der Waals surface area contributed by atoms with E-state index in [1.165, 1.54) is 33.5 Å². The number of hydrogen-bond donors (Lipinski definition) is 1. The quantitative estimate of drug-likeness (QED) is 0.616. The summed E-state index contributed by atoms with van der Waals surface area (Å²) in [7, 11) is 0. The monoisotopic (exact) mass is 304 g/mol. The highest BCUT2D eigenvalue weighted by atomic mass is 16.3. The van der Waals surface area contributed by atoms with Gasteiger partial charge in [0.25, 0.3) is 0 Å². The minimum Gasteiger partial charge on any atom is -0.507 e. The zero-order valence-corrected chi connectivity index (χ0v) is 14.2. The molecule has 0 radical (unpaired) electrons. The van der Waals surface area contributed by atoms with E-state index in [2.05, 4.69) is 49.7 Å². The van der Waals surface area contributed by atoms with Gasteiger partial charge in [-0.25, -0.2) is 0 Å². The number of phenols is 1. The van der Waals surface area contributed by atoms with Crippen LogP contribution in [0.3, 0.4) is 0 Å². The molecule has 1 aromatic heterocycles. The van der Waals surface area contributed by atoms with E-state index in [1.807, 2.05) is 13.0 Å². The van der Waals surface area contributed by atoms with Crippen LogP contribution >= 0.6 is 0 Å². The molecule has 0 atom stereocenters. The van der Waals surface area contributed by atoms with Gasteiger partial charge in [0, 0.05) is 17.4 Å². The van der Waals surface area contributed by atoms with Crippen LogP contribution in [-0.4, -0.2) is 5.11 Å². The van der Waals surface area contributed by atoms with Crippen molar-refractivity contribution in [2.24, 2.45) is 0 Å². The second-order valence-electron chi connectivity index (χ2n) is 6.83. The second kappa shape index (κ2) is 4.82. The van der Waals surface area contributed by atoms with E-state index in [0.717, 1.165) is 29.3 Å². The summed E-state index contributed by atoms with van der Waals surface area (Å²) < 4.78 is 2.31. The van der Waals surface area contributed by atoms with Gasteiger partial charge < -0.3 is 5.11 Å². The molecule has 0 saturated carbocycles. The highest BCUT2D eigenvalue weighted by Crippen LogP contribution is 2.36. The first-order chi connectivity index (χ1) is 11.0. The Morgan fingerprint density at radius 2 is 1.65 bits per heavy atom. The largest absolute Gasteiger partial charge is 0.507 e. The lowest BCUT2D eigenvalue weighted by Gasteiger charge is -2.19. The van der Waals surface area contributed by atoms with Crippen LogP contribution in [0, 0.1) is 27.7 Å². The molecule has 2 heteroatoms. The first-order valence-electron chi connectivity index (χ1n) is 8.23. The third kappa shape index (κ3) is 1.98. The van der Waals surface area contributed by atoms with Crippen LogP contribution in [0.4, 0.5) is 0 Å². The summed E-state index contributed by atoms with van der Waals surface area (Å²) in [5.74, 6) is 0.409. The van der Waals surface area contributed by atoms with Crippen molar-refractivity contribution in [3.63, 3.8) is 0 Å². The van der Waals surface area contributed by atoms with E-state index in [1.54, 1.807) is 0 Å². The standard InChI is InChI=1S/C21H21NO/c1-12-5-6-17-15(4)20-18-10-14(3)13(2)9-16(18)7-8-22(20)11-19(17)21(12)23/h5-6,9-11H,7-8H2,1-4H3/p+1. The molecule has 2 aromatic carbocycles. The first kappa shape index (κ1) is 14.3. The number of aryl methyl sites for hydroxylation is 6. The molecule has 4 rings (SSSR count). The number of pyridine rings is 1. The van der Waals surface area contributed by atoms with Gasteiger partial charge in [-0.3, -0.25) is 0 Å². The Hall–Kier alpha value is -2.35. The van der Waals surface area contributed by atoms with Gasteiger partial charge in [0.2, 0.25) is 5.69 Å². The van der Waals surface area contributed by atoms with E-state index >= 15 is 0 Å². The Bertz CT molecular complexity index is 970. The second-order valence-corrected chi connectivity index (χ2v) is 6.83. The maximum atomic E-state index is 10.4. The summed E-state index contributed by atoms with van der Waals surface area (Å²) in [5.41, 5.74) is 8.96. The van der Waals surface area contributed by atoms with Crippen molar-refractivity contribution in [1.82, 2.24) is 0 Å². The Morgan fingerprint density at radius 3 is 2.43 bits per heavy atom. The number of fused-ring (bicyclic) bond motifs is 4. The average Bonchev–Trinajstić information content (AvgIpc) is 2.52. The van der Waals surface area contributed by atoms with Gasteiger partial charge in [0.05, 0.1) is 10.9 Å². The molecule has 0 amide bonds. The van der Waals surface area contributed by atoms with Crippen LogP contribution in [-0.2, 0) is 13.0 Å². The predicted molar refractivity (Wildman–Crippen MR) is 93.9 cm³/mol. The normalized spacial score (nSPS) is 13.0. The van der Waals surface area contributed by atoms with Gasteiger partial charge >= 0.3 is 0 Å². The molecule has 0 saturated heterocycles. The van der Waals surface area contributed by atoms with Gasteiger partial charge in [0.15, 0.2) is 12.7 Å². The van der Waals surface area contributed by atoms with Crippen LogP contribution in [0.15, 0.2) is 30.5 Å². The zero-order chi connectivity index (χ0) is 16.3. The average molecular weight is 304 g/mol. The predicted octanol–water partition coefficient (Wildman–Crippen LogP) is 4.29. The number of nitrogens with zero attached hydrogens (tertiary/aromatic N) is 1. The fourth-order valence-corrected chi connectivity index (χ4v) is 3.82. The molecule has 0 fully saturated rings. The van der Waals surface area contributed by atoms with Crippen LogP contribution in [0.5, 0.6) is 5.75 Å². The maximum absolute atomic E-state index is 10.4. The van der Waals surface area contributed by atoms with Crippen LogP contribution in [0.25, 0.3) is 22.0 Å². The van der Waals surface area contributed by atoms with Gasteiger partial charge in [-0.2, -0.15) is 4.57 Å². The van der Waals surface area contributed by atoms with Crippen LogP contribution < -0.4 is 4.57 Å². The highest BCUT2D eigenvalue weighted by molar-refractivity contribution is 5.93. The van der Waals surface area contributed by atoms with Gasteiger partial charge in [-0.1, -0.05) is 18.2 Å².